The quantitative estimate of drug-likeness (QED) is 0.724. The van der Waals surface area contributed by atoms with Crippen LogP contribution in [0.2, 0.25) is 0 Å². The van der Waals surface area contributed by atoms with Gasteiger partial charge in [-0.3, -0.25) is 14.4 Å². The fourth-order valence-electron chi connectivity index (χ4n) is 2.92. The lowest BCUT2D eigenvalue weighted by Crippen LogP contribution is -2.44. The molecule has 0 saturated carbocycles. The number of hydrogen-bond acceptors (Lipinski definition) is 5. The van der Waals surface area contributed by atoms with Crippen LogP contribution < -0.4 is 0 Å². The van der Waals surface area contributed by atoms with Gasteiger partial charge in [-0.1, -0.05) is 12.8 Å². The molecular weight excluding hydrogens is 260 g/mol. The minimum atomic E-state index is -1.09. The number of hydrogen-bond donors (Lipinski definition) is 0. The second-order valence-corrected chi connectivity index (χ2v) is 5.72. The standard InChI is InChI=1S/C15H22O5/c1-11(16)19-10-15-9-8-13(20-15)12(17)6-4-2-3-5-7-14(15)18/h13H,2-10H2,1H3/t13-,15-/m1/s1. The number of carbonyl (C=O) groups excluding carboxylic acids is 3. The first-order valence-electron chi connectivity index (χ1n) is 7.41. The van der Waals surface area contributed by atoms with Crippen LogP contribution in [0, 0.1) is 0 Å². The molecule has 0 unspecified atom stereocenters. The molecule has 0 aromatic heterocycles. The van der Waals surface area contributed by atoms with Gasteiger partial charge in [0, 0.05) is 19.8 Å². The molecule has 2 atom stereocenters. The highest BCUT2D eigenvalue weighted by Crippen LogP contribution is 2.35. The van der Waals surface area contributed by atoms with Crippen molar-refractivity contribution in [3.05, 3.63) is 0 Å². The monoisotopic (exact) mass is 282 g/mol. The van der Waals surface area contributed by atoms with Gasteiger partial charge in [0.1, 0.15) is 12.7 Å². The van der Waals surface area contributed by atoms with Crippen LogP contribution in [-0.2, 0) is 23.9 Å². The van der Waals surface area contributed by atoms with Gasteiger partial charge in [0.05, 0.1) is 0 Å². The van der Waals surface area contributed by atoms with Gasteiger partial charge in [-0.25, -0.2) is 0 Å². The van der Waals surface area contributed by atoms with E-state index in [1.165, 1.54) is 6.92 Å². The van der Waals surface area contributed by atoms with Gasteiger partial charge in [-0.2, -0.15) is 0 Å². The Morgan fingerprint density at radius 1 is 1.25 bits per heavy atom. The van der Waals surface area contributed by atoms with Gasteiger partial charge in [-0.15, -0.1) is 0 Å². The topological polar surface area (TPSA) is 69.7 Å². The molecule has 2 fully saturated rings. The van der Waals surface area contributed by atoms with Crippen LogP contribution >= 0.6 is 0 Å². The van der Waals surface area contributed by atoms with Crippen LogP contribution in [-0.4, -0.2) is 35.8 Å². The van der Waals surface area contributed by atoms with E-state index in [2.05, 4.69) is 0 Å². The molecule has 20 heavy (non-hydrogen) atoms. The number of ketones is 2. The molecule has 112 valence electrons. The summed E-state index contributed by atoms with van der Waals surface area (Å²) in [6, 6.07) is 0. The lowest BCUT2D eigenvalue weighted by atomic mass is 9.90. The molecule has 0 aliphatic carbocycles. The van der Waals surface area contributed by atoms with Gasteiger partial charge in [-0.05, 0) is 25.7 Å². The highest BCUT2D eigenvalue weighted by molar-refractivity contribution is 5.90. The summed E-state index contributed by atoms with van der Waals surface area (Å²) in [6.45, 7) is 1.24. The summed E-state index contributed by atoms with van der Waals surface area (Å²) in [7, 11) is 0. The van der Waals surface area contributed by atoms with E-state index in [1.807, 2.05) is 0 Å². The predicted octanol–water partition coefficient (Wildman–Crippen LogP) is 1.96. The van der Waals surface area contributed by atoms with Gasteiger partial charge in [0.15, 0.2) is 17.2 Å². The summed E-state index contributed by atoms with van der Waals surface area (Å²) in [4.78, 5) is 35.5. The summed E-state index contributed by atoms with van der Waals surface area (Å²) in [5.41, 5.74) is -1.09. The van der Waals surface area contributed by atoms with Crippen molar-refractivity contribution in [1.82, 2.24) is 0 Å². The van der Waals surface area contributed by atoms with Gasteiger partial charge < -0.3 is 9.47 Å². The molecule has 2 rings (SSSR count). The summed E-state index contributed by atoms with van der Waals surface area (Å²) >= 11 is 0. The molecule has 0 aromatic carbocycles. The first-order chi connectivity index (χ1) is 9.53. The van der Waals surface area contributed by atoms with Crippen LogP contribution in [0.25, 0.3) is 0 Å². The summed E-state index contributed by atoms with van der Waals surface area (Å²) < 4.78 is 10.8. The number of esters is 1. The molecule has 2 heterocycles. The average molecular weight is 282 g/mol. The SMILES string of the molecule is CC(=O)OC[C@@]12CC[C@@H](O1)C(=O)CCCCCCC2=O. The maximum absolute atomic E-state index is 12.4. The number of Topliss-reactive ketones (excluding diaryl/α,β-unsaturated/α-hetero) is 2. The first-order valence-corrected chi connectivity index (χ1v) is 7.41. The Hall–Kier alpha value is -1.23. The fourth-order valence-corrected chi connectivity index (χ4v) is 2.92. The average Bonchev–Trinajstić information content (AvgIpc) is 2.84. The Bertz CT molecular complexity index is 403. The zero-order chi connectivity index (χ0) is 14.6. The second kappa shape index (κ2) is 6.48. The van der Waals surface area contributed by atoms with E-state index in [1.54, 1.807) is 0 Å². The molecule has 5 heteroatoms. The molecule has 0 radical (unpaired) electrons. The molecule has 0 spiro atoms. The van der Waals surface area contributed by atoms with Gasteiger partial charge in [0.25, 0.3) is 0 Å². The highest BCUT2D eigenvalue weighted by Gasteiger charge is 2.48. The fraction of sp³-hybridized carbons (Fsp3) is 0.800. The van der Waals surface area contributed by atoms with Crippen LogP contribution in [0.15, 0.2) is 0 Å². The third kappa shape index (κ3) is 3.45. The lowest BCUT2D eigenvalue weighted by Gasteiger charge is -2.27. The molecule has 0 N–H and O–H groups in total. The number of rotatable bonds is 2. The van der Waals surface area contributed by atoms with Crippen molar-refractivity contribution < 1.29 is 23.9 Å². The minimum absolute atomic E-state index is 0.0315. The highest BCUT2D eigenvalue weighted by atomic mass is 16.6. The van der Waals surface area contributed by atoms with E-state index in [4.69, 9.17) is 9.47 Å². The Morgan fingerprint density at radius 2 is 1.95 bits per heavy atom. The van der Waals surface area contributed by atoms with Crippen molar-refractivity contribution in [3.8, 4) is 0 Å². The number of carbonyl (C=O) groups is 3. The van der Waals surface area contributed by atoms with E-state index in [-0.39, 0.29) is 18.2 Å². The Labute approximate surface area is 119 Å². The van der Waals surface area contributed by atoms with Crippen molar-refractivity contribution in [1.29, 1.82) is 0 Å². The van der Waals surface area contributed by atoms with Crippen molar-refractivity contribution in [2.24, 2.45) is 0 Å². The summed E-state index contributed by atoms with van der Waals surface area (Å²) in [5, 5.41) is 0. The molecule has 0 amide bonds. The smallest absolute Gasteiger partial charge is 0.302 e. The minimum Gasteiger partial charge on any atom is -0.462 e. The normalized spacial score (nSPS) is 31.8. The zero-order valence-electron chi connectivity index (χ0n) is 12.0. The Balaban J connectivity index is 2.14. The Kier molecular flexibility index (Phi) is 4.91. The van der Waals surface area contributed by atoms with Crippen molar-refractivity contribution in [2.45, 2.75) is 70.0 Å². The largest absolute Gasteiger partial charge is 0.462 e. The summed E-state index contributed by atoms with van der Waals surface area (Å²) in [6.07, 6.45) is 5.06. The third-order valence-electron chi connectivity index (χ3n) is 4.13. The van der Waals surface area contributed by atoms with Crippen LogP contribution in [0.4, 0.5) is 0 Å². The van der Waals surface area contributed by atoms with Crippen LogP contribution in [0.1, 0.15) is 58.3 Å². The maximum Gasteiger partial charge on any atom is 0.302 e. The van der Waals surface area contributed by atoms with E-state index in [0.29, 0.717) is 25.7 Å². The summed E-state index contributed by atoms with van der Waals surface area (Å²) in [5.74, 6) is -0.389. The molecule has 5 nitrogen and oxygen atoms in total. The molecular formula is C15H22O5. The van der Waals surface area contributed by atoms with Gasteiger partial charge in [0.2, 0.25) is 0 Å². The van der Waals surface area contributed by atoms with E-state index in [9.17, 15) is 14.4 Å². The number of fused-ring (bicyclic) bond motifs is 2. The predicted molar refractivity (Wildman–Crippen MR) is 71.2 cm³/mol. The molecule has 2 aliphatic heterocycles. The maximum atomic E-state index is 12.4. The lowest BCUT2D eigenvalue weighted by molar-refractivity contribution is -0.163. The van der Waals surface area contributed by atoms with E-state index in [0.717, 1.165) is 25.7 Å². The van der Waals surface area contributed by atoms with Crippen molar-refractivity contribution in [3.63, 3.8) is 0 Å². The molecule has 2 bridgehead atoms. The van der Waals surface area contributed by atoms with Crippen LogP contribution in [0.5, 0.6) is 0 Å². The molecule has 2 saturated heterocycles. The number of ether oxygens (including phenoxy) is 2. The first kappa shape index (κ1) is 15.2. The van der Waals surface area contributed by atoms with Crippen LogP contribution in [0.3, 0.4) is 0 Å². The zero-order valence-corrected chi connectivity index (χ0v) is 12.0. The molecule has 2 aliphatic rings. The van der Waals surface area contributed by atoms with E-state index < -0.39 is 17.7 Å². The van der Waals surface area contributed by atoms with E-state index >= 15 is 0 Å². The van der Waals surface area contributed by atoms with Crippen molar-refractivity contribution in [2.75, 3.05) is 6.61 Å². The van der Waals surface area contributed by atoms with Crippen molar-refractivity contribution >= 4 is 17.5 Å². The Morgan fingerprint density at radius 3 is 2.65 bits per heavy atom. The molecule has 0 aromatic rings. The second-order valence-electron chi connectivity index (χ2n) is 5.72. The van der Waals surface area contributed by atoms with Gasteiger partial charge >= 0.3 is 5.97 Å². The third-order valence-corrected chi connectivity index (χ3v) is 4.13.